The molecule has 9 heteroatoms. The molecule has 2 aromatic heterocycles. The second-order valence-corrected chi connectivity index (χ2v) is 9.45. The van der Waals surface area contributed by atoms with E-state index in [1.807, 2.05) is 37.1 Å². The van der Waals surface area contributed by atoms with Gasteiger partial charge in [-0.25, -0.2) is 9.67 Å². The maximum absolute atomic E-state index is 12.3. The summed E-state index contributed by atoms with van der Waals surface area (Å²) in [5, 5.41) is 6.44. The lowest BCUT2D eigenvalue weighted by Crippen LogP contribution is -2.32. The number of benzene rings is 1. The van der Waals surface area contributed by atoms with Gasteiger partial charge in [0, 0.05) is 12.5 Å². The van der Waals surface area contributed by atoms with Gasteiger partial charge in [0.1, 0.15) is 5.01 Å². The van der Waals surface area contributed by atoms with Crippen molar-refractivity contribution in [1.29, 1.82) is 0 Å². The van der Waals surface area contributed by atoms with Crippen LogP contribution in [0.1, 0.15) is 31.2 Å². The topological polar surface area (TPSA) is 54.3 Å². The average molecular weight is 420 g/mol. The normalized spacial score (nSPS) is 14.2. The van der Waals surface area contributed by atoms with Crippen LogP contribution in [0.15, 0.2) is 24.3 Å². The first kappa shape index (κ1) is 18.7. The van der Waals surface area contributed by atoms with E-state index in [1.165, 1.54) is 16.0 Å². The van der Waals surface area contributed by atoms with E-state index in [-0.39, 0.29) is 5.91 Å². The molecule has 0 bridgehead atoms. The van der Waals surface area contributed by atoms with Crippen molar-refractivity contribution in [2.45, 2.75) is 45.4 Å². The molecule has 2 heterocycles. The third-order valence-corrected chi connectivity index (χ3v) is 6.73. The highest BCUT2D eigenvalue weighted by atomic mass is 32.1. The lowest BCUT2D eigenvalue weighted by molar-refractivity contribution is -0.118. The van der Waals surface area contributed by atoms with Crippen LogP contribution in [0.25, 0.3) is 10.2 Å². The molecule has 0 unspecified atom stereocenters. The van der Waals surface area contributed by atoms with Crippen molar-refractivity contribution < 1.29 is 4.79 Å². The number of carbonyl (C=O) groups excluding carboxylic acids is 1. The number of fused-ring (bicyclic) bond motifs is 1. The van der Waals surface area contributed by atoms with Crippen molar-refractivity contribution in [3.63, 3.8) is 0 Å². The quantitative estimate of drug-likeness (QED) is 0.535. The number of hydrogen-bond acceptors (Lipinski definition) is 7. The summed E-state index contributed by atoms with van der Waals surface area (Å²) >= 11 is 8.63. The summed E-state index contributed by atoms with van der Waals surface area (Å²) in [5.74, 6) is 0.122. The van der Waals surface area contributed by atoms with Gasteiger partial charge in [-0.3, -0.25) is 14.6 Å². The van der Waals surface area contributed by atoms with E-state index in [9.17, 15) is 4.79 Å². The smallest absolute Gasteiger partial charge is 0.228 e. The van der Waals surface area contributed by atoms with E-state index < -0.39 is 0 Å². The molecule has 142 valence electrons. The summed E-state index contributed by atoms with van der Waals surface area (Å²) in [6.45, 7) is 3.19. The van der Waals surface area contributed by atoms with Gasteiger partial charge in [-0.15, -0.1) is 16.4 Å². The zero-order valence-corrected chi connectivity index (χ0v) is 17.7. The number of thiazole rings is 1. The van der Waals surface area contributed by atoms with E-state index in [0.29, 0.717) is 23.1 Å². The molecule has 1 fully saturated rings. The average Bonchev–Trinajstić information content (AvgIpc) is 3.29. The van der Waals surface area contributed by atoms with Crippen LogP contribution in [-0.4, -0.2) is 38.7 Å². The number of carbonyl (C=O) groups is 1. The van der Waals surface area contributed by atoms with Crippen LogP contribution in [0.2, 0.25) is 0 Å². The minimum atomic E-state index is 0.122. The van der Waals surface area contributed by atoms with Crippen molar-refractivity contribution in [1.82, 2.24) is 19.7 Å². The second kappa shape index (κ2) is 7.75. The lowest BCUT2D eigenvalue weighted by Gasteiger charge is -2.18. The maximum atomic E-state index is 12.3. The number of para-hydroxylation sites is 1. The van der Waals surface area contributed by atoms with E-state index in [0.717, 1.165) is 35.0 Å². The van der Waals surface area contributed by atoms with Crippen LogP contribution in [0, 0.1) is 3.95 Å². The van der Waals surface area contributed by atoms with Crippen LogP contribution < -0.4 is 4.90 Å². The summed E-state index contributed by atoms with van der Waals surface area (Å²) in [6, 6.07) is 8.47. The molecule has 3 aromatic rings. The molecule has 0 radical (unpaired) electrons. The fraction of sp³-hybridized carbons (Fsp3) is 0.444. The molecule has 1 aliphatic rings. The van der Waals surface area contributed by atoms with Gasteiger partial charge < -0.3 is 0 Å². The molecule has 4 rings (SSSR count). The van der Waals surface area contributed by atoms with Crippen molar-refractivity contribution in [3.05, 3.63) is 33.2 Å². The summed E-state index contributed by atoms with van der Waals surface area (Å²) in [7, 11) is 2.03. The number of anilines is 1. The Morgan fingerprint density at radius 1 is 1.33 bits per heavy atom. The Labute approximate surface area is 171 Å². The van der Waals surface area contributed by atoms with E-state index in [1.54, 1.807) is 16.0 Å². The summed E-state index contributed by atoms with van der Waals surface area (Å²) in [4.78, 5) is 21.0. The Bertz CT molecular complexity index is 986. The molecule has 0 aliphatic heterocycles. The molecule has 0 N–H and O–H groups in total. The standard InChI is InChI=1S/C18H21N5OS3/c1-3-16(24)23(12-8-9-12)17-20-22(18(25)27-17)11-21(2)10-15-19-13-6-4-5-7-14(13)26-15/h4-7,12H,3,8-11H2,1-2H3. The molecular formula is C18H21N5OS3. The van der Waals surface area contributed by atoms with Crippen molar-refractivity contribution in [2.24, 2.45) is 0 Å². The highest BCUT2D eigenvalue weighted by Crippen LogP contribution is 2.34. The molecule has 0 spiro atoms. The minimum absolute atomic E-state index is 0.122. The Hall–Kier alpha value is -1.68. The Balaban J connectivity index is 1.48. The van der Waals surface area contributed by atoms with Crippen LogP contribution in [0.4, 0.5) is 5.13 Å². The molecule has 1 amide bonds. The van der Waals surface area contributed by atoms with Crippen LogP contribution in [0.3, 0.4) is 0 Å². The zero-order valence-electron chi connectivity index (χ0n) is 15.3. The first-order valence-corrected chi connectivity index (χ1v) is 11.0. The van der Waals surface area contributed by atoms with Gasteiger partial charge in [0.25, 0.3) is 0 Å². The van der Waals surface area contributed by atoms with E-state index >= 15 is 0 Å². The van der Waals surface area contributed by atoms with Gasteiger partial charge in [-0.1, -0.05) is 30.4 Å². The SMILES string of the molecule is CCC(=O)N(c1nn(CN(C)Cc2nc3ccccc3s2)c(=S)s1)C1CC1. The summed E-state index contributed by atoms with van der Waals surface area (Å²) < 4.78 is 3.70. The summed E-state index contributed by atoms with van der Waals surface area (Å²) in [6.07, 6.45) is 2.59. The molecular weight excluding hydrogens is 398 g/mol. The Kier molecular flexibility index (Phi) is 5.36. The third-order valence-electron chi connectivity index (χ3n) is 4.40. The Morgan fingerprint density at radius 2 is 2.11 bits per heavy atom. The predicted molar refractivity (Wildman–Crippen MR) is 113 cm³/mol. The fourth-order valence-corrected chi connectivity index (χ4v) is 5.17. The highest BCUT2D eigenvalue weighted by molar-refractivity contribution is 7.73. The number of nitrogens with zero attached hydrogens (tertiary/aromatic N) is 5. The zero-order chi connectivity index (χ0) is 19.0. The lowest BCUT2D eigenvalue weighted by atomic mass is 10.3. The van der Waals surface area contributed by atoms with Crippen molar-refractivity contribution in [2.75, 3.05) is 11.9 Å². The molecule has 1 aliphatic carbocycles. The van der Waals surface area contributed by atoms with Crippen LogP contribution in [-0.2, 0) is 18.0 Å². The molecule has 0 atom stereocenters. The number of aromatic nitrogens is 3. The number of hydrogen-bond donors (Lipinski definition) is 0. The minimum Gasteiger partial charge on any atom is -0.284 e. The maximum Gasteiger partial charge on any atom is 0.228 e. The second-order valence-electron chi connectivity index (χ2n) is 6.73. The third kappa shape index (κ3) is 4.11. The van der Waals surface area contributed by atoms with Crippen molar-refractivity contribution in [3.8, 4) is 0 Å². The van der Waals surface area contributed by atoms with Gasteiger partial charge in [-0.2, -0.15) is 0 Å². The number of amides is 1. The van der Waals surface area contributed by atoms with Crippen LogP contribution >= 0.6 is 34.9 Å². The molecule has 1 aromatic carbocycles. The van der Waals surface area contributed by atoms with Gasteiger partial charge in [0.05, 0.1) is 23.4 Å². The predicted octanol–water partition coefficient (Wildman–Crippen LogP) is 4.28. The molecule has 6 nitrogen and oxygen atoms in total. The highest BCUT2D eigenvalue weighted by Gasteiger charge is 2.35. The van der Waals surface area contributed by atoms with Gasteiger partial charge >= 0.3 is 0 Å². The van der Waals surface area contributed by atoms with E-state index in [4.69, 9.17) is 12.2 Å². The fourth-order valence-electron chi connectivity index (χ4n) is 2.95. The largest absolute Gasteiger partial charge is 0.284 e. The molecule has 1 saturated carbocycles. The monoisotopic (exact) mass is 419 g/mol. The van der Waals surface area contributed by atoms with Gasteiger partial charge in [0.2, 0.25) is 11.0 Å². The van der Waals surface area contributed by atoms with Gasteiger partial charge in [-0.05, 0) is 44.2 Å². The van der Waals surface area contributed by atoms with Crippen molar-refractivity contribution >= 4 is 56.1 Å². The Morgan fingerprint density at radius 3 is 2.81 bits per heavy atom. The first-order chi connectivity index (χ1) is 13.0. The molecule has 27 heavy (non-hydrogen) atoms. The van der Waals surface area contributed by atoms with E-state index in [2.05, 4.69) is 21.0 Å². The van der Waals surface area contributed by atoms with Crippen LogP contribution in [0.5, 0.6) is 0 Å². The van der Waals surface area contributed by atoms with Gasteiger partial charge in [0.15, 0.2) is 3.95 Å². The summed E-state index contributed by atoms with van der Waals surface area (Å²) in [5.41, 5.74) is 1.04. The first-order valence-electron chi connectivity index (χ1n) is 8.98. The molecule has 0 saturated heterocycles. The number of rotatable bonds is 7.